The fourth-order valence-corrected chi connectivity index (χ4v) is 6.04. The molecule has 0 N–H and O–H groups in total. The molecule has 0 atom stereocenters. The maximum atomic E-state index is 2.63. The van der Waals surface area contributed by atoms with E-state index < -0.39 is 8.07 Å². The van der Waals surface area contributed by atoms with Crippen molar-refractivity contribution in [3.63, 3.8) is 0 Å². The van der Waals surface area contributed by atoms with E-state index in [1.165, 1.54) is 75.0 Å². The second-order valence-corrected chi connectivity index (χ2v) is 15.9. The van der Waals surface area contributed by atoms with Crippen molar-refractivity contribution < 1.29 is 0 Å². The van der Waals surface area contributed by atoms with Crippen LogP contribution in [-0.4, -0.2) is 8.07 Å². The molecule has 0 heterocycles. The molecule has 156 valence electrons. The molecule has 29 heavy (non-hydrogen) atoms. The van der Waals surface area contributed by atoms with Gasteiger partial charge in [-0.1, -0.05) is 98.0 Å². The molecule has 3 rings (SSSR count). The summed E-state index contributed by atoms with van der Waals surface area (Å²) in [7, 11) is -0.996. The second kappa shape index (κ2) is 10.4. The Balaban J connectivity index is 1.63. The first-order valence-electron chi connectivity index (χ1n) is 11.7. The summed E-state index contributed by atoms with van der Waals surface area (Å²) in [5, 5.41) is 0. The molecule has 0 aliphatic heterocycles. The van der Waals surface area contributed by atoms with E-state index in [-0.39, 0.29) is 0 Å². The Hall–Kier alpha value is -1.60. The number of aryl methyl sites for hydroxylation is 2. The molecule has 0 amide bonds. The largest absolute Gasteiger partial charge is 0.0847 e. The van der Waals surface area contributed by atoms with Crippen LogP contribution in [0.3, 0.4) is 0 Å². The summed E-state index contributed by atoms with van der Waals surface area (Å²) < 4.78 is 0. The maximum absolute atomic E-state index is 2.63. The van der Waals surface area contributed by atoms with Crippen LogP contribution < -0.4 is 0 Å². The van der Waals surface area contributed by atoms with Crippen molar-refractivity contribution in [3.8, 4) is 0 Å². The van der Waals surface area contributed by atoms with Gasteiger partial charge in [0.2, 0.25) is 0 Å². The third kappa shape index (κ3) is 6.99. The topological polar surface area (TPSA) is 0 Å². The average Bonchev–Trinajstić information content (AvgIpc) is 3.10. The number of hydrogen-bond donors (Lipinski definition) is 0. The molecule has 0 aromatic heterocycles. The molecule has 0 saturated carbocycles. The van der Waals surface area contributed by atoms with Crippen LogP contribution in [0.5, 0.6) is 0 Å². The number of allylic oxidation sites excluding steroid dienone is 2. The first kappa shape index (κ1) is 22.1. The lowest BCUT2D eigenvalue weighted by atomic mass is 9.72. The SMILES string of the molecule is C[Si](C)(C)CCC1=CCCC1(CCCc1ccccc1)CCCc1ccccc1. The lowest BCUT2D eigenvalue weighted by Gasteiger charge is -2.34. The first-order chi connectivity index (χ1) is 14.0. The fourth-order valence-electron chi connectivity index (χ4n) is 5.02. The zero-order valence-corrected chi connectivity index (χ0v) is 19.9. The zero-order chi connectivity index (χ0) is 20.6. The van der Waals surface area contributed by atoms with Gasteiger partial charge in [-0.25, -0.2) is 0 Å². The van der Waals surface area contributed by atoms with Gasteiger partial charge in [-0.05, 0) is 74.3 Å². The van der Waals surface area contributed by atoms with Crippen LogP contribution in [0.4, 0.5) is 0 Å². The average molecular weight is 405 g/mol. The predicted octanol–water partition coefficient (Wildman–Crippen LogP) is 8.47. The molecule has 0 bridgehead atoms. The van der Waals surface area contributed by atoms with E-state index in [1.54, 1.807) is 0 Å². The molecule has 0 radical (unpaired) electrons. The maximum Gasteiger partial charge on any atom is 0.0445 e. The Bertz CT molecular complexity index is 706. The van der Waals surface area contributed by atoms with Crippen molar-refractivity contribution in [2.45, 2.75) is 83.5 Å². The summed E-state index contributed by atoms with van der Waals surface area (Å²) in [5.74, 6) is 0. The molecular weight excluding hydrogens is 364 g/mol. The van der Waals surface area contributed by atoms with E-state index in [0.29, 0.717) is 5.41 Å². The Morgan fingerprint density at radius 3 is 1.72 bits per heavy atom. The van der Waals surface area contributed by atoms with Crippen LogP contribution in [0.2, 0.25) is 25.7 Å². The molecule has 0 fully saturated rings. The monoisotopic (exact) mass is 404 g/mol. The fraction of sp³-hybridized carbons (Fsp3) is 0.500. The lowest BCUT2D eigenvalue weighted by Crippen LogP contribution is -2.24. The first-order valence-corrected chi connectivity index (χ1v) is 15.5. The van der Waals surface area contributed by atoms with Gasteiger partial charge in [0.05, 0.1) is 0 Å². The molecule has 0 unspecified atom stereocenters. The van der Waals surface area contributed by atoms with Gasteiger partial charge in [0, 0.05) is 8.07 Å². The van der Waals surface area contributed by atoms with Crippen LogP contribution in [-0.2, 0) is 12.8 Å². The smallest absolute Gasteiger partial charge is 0.0445 e. The molecule has 0 saturated heterocycles. The predicted molar refractivity (Wildman–Crippen MR) is 131 cm³/mol. The highest BCUT2D eigenvalue weighted by Gasteiger charge is 2.36. The molecule has 1 aliphatic rings. The summed E-state index contributed by atoms with van der Waals surface area (Å²) in [6.45, 7) is 7.57. The third-order valence-electron chi connectivity index (χ3n) is 6.77. The van der Waals surface area contributed by atoms with Gasteiger partial charge < -0.3 is 0 Å². The van der Waals surface area contributed by atoms with Gasteiger partial charge in [-0.3, -0.25) is 0 Å². The molecule has 1 heteroatoms. The minimum Gasteiger partial charge on any atom is -0.0847 e. The van der Waals surface area contributed by atoms with E-state index in [9.17, 15) is 0 Å². The van der Waals surface area contributed by atoms with Gasteiger partial charge in [0.1, 0.15) is 0 Å². The standard InChI is InChI=1S/C28H40Si/c1-29(2,3)24-20-27-19-12-23-28(27,21-10-17-25-13-6-4-7-14-25)22-11-18-26-15-8-5-9-16-26/h4-9,13-16,19H,10-12,17-18,20-24H2,1-3H3. The molecule has 2 aromatic carbocycles. The van der Waals surface area contributed by atoms with Crippen molar-refractivity contribution >= 4 is 8.07 Å². The van der Waals surface area contributed by atoms with Crippen molar-refractivity contribution in [2.24, 2.45) is 5.41 Å². The Morgan fingerprint density at radius 2 is 1.24 bits per heavy atom. The van der Waals surface area contributed by atoms with Gasteiger partial charge in [0.15, 0.2) is 0 Å². The van der Waals surface area contributed by atoms with Crippen LogP contribution in [0.15, 0.2) is 72.3 Å². The molecular formula is C28H40Si. The van der Waals surface area contributed by atoms with Crippen molar-refractivity contribution in [1.29, 1.82) is 0 Å². The minimum absolute atomic E-state index is 0.475. The summed E-state index contributed by atoms with van der Waals surface area (Å²) in [4.78, 5) is 0. The number of benzene rings is 2. The van der Waals surface area contributed by atoms with Crippen molar-refractivity contribution in [1.82, 2.24) is 0 Å². The molecule has 1 aliphatic carbocycles. The highest BCUT2D eigenvalue weighted by Crippen LogP contribution is 2.49. The minimum atomic E-state index is -0.996. The van der Waals surface area contributed by atoms with Crippen LogP contribution >= 0.6 is 0 Å². The number of hydrogen-bond acceptors (Lipinski definition) is 0. The van der Waals surface area contributed by atoms with E-state index in [2.05, 4.69) is 86.4 Å². The Kier molecular flexibility index (Phi) is 7.95. The third-order valence-corrected chi connectivity index (χ3v) is 8.52. The molecule has 2 aromatic rings. The molecule has 0 nitrogen and oxygen atoms in total. The number of rotatable bonds is 11. The highest BCUT2D eigenvalue weighted by atomic mass is 28.3. The van der Waals surface area contributed by atoms with E-state index in [4.69, 9.17) is 0 Å². The second-order valence-electron chi connectivity index (χ2n) is 10.3. The summed E-state index contributed by atoms with van der Waals surface area (Å²) >= 11 is 0. The van der Waals surface area contributed by atoms with Crippen molar-refractivity contribution in [2.75, 3.05) is 0 Å². The Labute approximate surface area is 180 Å². The summed E-state index contributed by atoms with van der Waals surface area (Å²) in [5.41, 5.74) is 5.29. The van der Waals surface area contributed by atoms with Gasteiger partial charge in [-0.2, -0.15) is 0 Å². The Morgan fingerprint density at radius 1 is 0.724 bits per heavy atom. The van der Waals surface area contributed by atoms with Gasteiger partial charge in [-0.15, -0.1) is 0 Å². The van der Waals surface area contributed by atoms with E-state index in [0.717, 1.165) is 0 Å². The van der Waals surface area contributed by atoms with E-state index >= 15 is 0 Å². The van der Waals surface area contributed by atoms with Crippen LogP contribution in [0, 0.1) is 5.41 Å². The normalized spacial score (nSPS) is 16.0. The molecule has 0 spiro atoms. The van der Waals surface area contributed by atoms with Gasteiger partial charge in [0.25, 0.3) is 0 Å². The van der Waals surface area contributed by atoms with Crippen LogP contribution in [0.1, 0.15) is 56.1 Å². The lowest BCUT2D eigenvalue weighted by molar-refractivity contribution is 0.276. The van der Waals surface area contributed by atoms with Gasteiger partial charge >= 0.3 is 0 Å². The van der Waals surface area contributed by atoms with Crippen molar-refractivity contribution in [3.05, 3.63) is 83.4 Å². The highest BCUT2D eigenvalue weighted by molar-refractivity contribution is 6.76. The summed E-state index contributed by atoms with van der Waals surface area (Å²) in [6.07, 6.45) is 14.5. The van der Waals surface area contributed by atoms with Crippen LogP contribution in [0.25, 0.3) is 0 Å². The summed E-state index contributed by atoms with van der Waals surface area (Å²) in [6, 6.07) is 23.6. The quantitative estimate of drug-likeness (QED) is 0.260. The van der Waals surface area contributed by atoms with E-state index in [1.807, 2.05) is 5.57 Å². The zero-order valence-electron chi connectivity index (χ0n) is 18.9.